The van der Waals surface area contributed by atoms with Crippen molar-refractivity contribution in [1.29, 1.82) is 0 Å². The Morgan fingerprint density at radius 2 is 2.16 bits per heavy atom. The summed E-state index contributed by atoms with van der Waals surface area (Å²) in [6, 6.07) is 4.38. The molecule has 2 aromatic heterocycles. The molecule has 4 heterocycles. The third-order valence-electron chi connectivity index (χ3n) is 5.96. The van der Waals surface area contributed by atoms with Crippen LogP contribution in [0.4, 0.5) is 17.5 Å². The number of piperidine rings is 1. The number of nitrogens with one attached hydrogen (secondary N) is 2. The maximum Gasteiger partial charge on any atom is 0.326 e. The molecule has 31 heavy (non-hydrogen) atoms. The topological polar surface area (TPSA) is 139 Å². The van der Waals surface area contributed by atoms with E-state index in [-0.39, 0.29) is 13.0 Å². The molecule has 0 aromatic carbocycles. The van der Waals surface area contributed by atoms with E-state index in [1.807, 2.05) is 0 Å². The lowest BCUT2D eigenvalue weighted by atomic mass is 9.92. The highest BCUT2D eigenvalue weighted by atomic mass is 16.7. The van der Waals surface area contributed by atoms with Crippen molar-refractivity contribution < 1.29 is 14.7 Å². The van der Waals surface area contributed by atoms with Crippen molar-refractivity contribution in [3.8, 4) is 0 Å². The second-order valence-electron chi connectivity index (χ2n) is 7.88. The molecule has 2 aromatic rings. The van der Waals surface area contributed by atoms with Gasteiger partial charge in [-0.05, 0) is 37.3 Å². The fourth-order valence-corrected chi connectivity index (χ4v) is 4.27. The third kappa shape index (κ3) is 4.86. The van der Waals surface area contributed by atoms with Crippen LogP contribution in [0.1, 0.15) is 48.4 Å². The van der Waals surface area contributed by atoms with Gasteiger partial charge in [0.05, 0.1) is 18.6 Å². The number of pyridine rings is 1. The predicted molar refractivity (Wildman–Crippen MR) is 117 cm³/mol. The highest BCUT2D eigenvalue weighted by molar-refractivity contribution is 5.69. The van der Waals surface area contributed by atoms with Crippen LogP contribution in [-0.4, -0.2) is 52.2 Å². The molecule has 5 N–H and O–H groups in total. The fourth-order valence-electron chi connectivity index (χ4n) is 4.27. The van der Waals surface area contributed by atoms with E-state index in [2.05, 4.69) is 42.5 Å². The lowest BCUT2D eigenvalue weighted by Crippen LogP contribution is -2.35. The number of hydrogen-bond acceptors (Lipinski definition) is 10. The van der Waals surface area contributed by atoms with Crippen LogP contribution in [0.5, 0.6) is 0 Å². The lowest BCUT2D eigenvalue weighted by molar-refractivity contribution is -0.143. The highest BCUT2D eigenvalue weighted by Crippen LogP contribution is 2.33. The highest BCUT2D eigenvalue weighted by Gasteiger charge is 2.26. The van der Waals surface area contributed by atoms with Gasteiger partial charge in [0.2, 0.25) is 0 Å². The molecule has 0 spiro atoms. The van der Waals surface area contributed by atoms with Crippen LogP contribution in [0, 0.1) is 0 Å². The van der Waals surface area contributed by atoms with E-state index >= 15 is 0 Å². The Bertz CT molecular complexity index is 916. The first-order chi connectivity index (χ1) is 15.2. The molecule has 0 amide bonds. The van der Waals surface area contributed by atoms with E-state index in [1.54, 1.807) is 0 Å². The second kappa shape index (κ2) is 9.88. The van der Waals surface area contributed by atoms with Crippen LogP contribution in [0.15, 0.2) is 18.5 Å². The summed E-state index contributed by atoms with van der Waals surface area (Å²) in [5.74, 6) is 7.03. The van der Waals surface area contributed by atoms with Gasteiger partial charge in [0.1, 0.15) is 23.8 Å². The SMILES string of the molecule is NOC(=O)CCNc1ncnc(N2CCC(c3ccc4c(n3)NCCC4)CC2)c1CO. The van der Waals surface area contributed by atoms with Gasteiger partial charge in [-0.3, -0.25) is 4.79 Å². The molecule has 0 saturated carbocycles. The largest absolute Gasteiger partial charge is 0.391 e. The zero-order chi connectivity index (χ0) is 21.6. The molecule has 1 fully saturated rings. The number of nitrogens with zero attached hydrogens (tertiary/aromatic N) is 4. The molecule has 1 saturated heterocycles. The number of aromatic nitrogens is 3. The molecule has 2 aliphatic heterocycles. The molecular weight excluding hydrogens is 398 g/mol. The molecule has 4 rings (SSSR count). The van der Waals surface area contributed by atoms with E-state index in [0.29, 0.717) is 23.8 Å². The van der Waals surface area contributed by atoms with E-state index in [0.717, 1.165) is 62.6 Å². The van der Waals surface area contributed by atoms with Crippen molar-refractivity contribution in [3.05, 3.63) is 35.3 Å². The molecule has 0 radical (unpaired) electrons. The number of carbonyl (C=O) groups is 1. The van der Waals surface area contributed by atoms with Gasteiger partial charge in [0.15, 0.2) is 0 Å². The Labute approximate surface area is 181 Å². The standard InChI is InChI=1S/C21H29N7O3/c22-31-18(30)5-9-24-20-16(12-29)21(26-13-25-20)28-10-6-14(7-11-28)17-4-3-15-2-1-8-23-19(15)27-17/h3-4,13-14,29H,1-2,5-12,22H2,(H,23,27)(H,24,25,26). The Hall–Kier alpha value is -2.98. The number of carbonyl (C=O) groups excluding carboxylic acids is 1. The first kappa shape index (κ1) is 21.3. The molecule has 0 aliphatic carbocycles. The van der Waals surface area contributed by atoms with E-state index in [1.165, 1.54) is 11.9 Å². The minimum Gasteiger partial charge on any atom is -0.391 e. The van der Waals surface area contributed by atoms with Gasteiger partial charge >= 0.3 is 5.97 Å². The minimum atomic E-state index is -0.514. The van der Waals surface area contributed by atoms with Gasteiger partial charge in [-0.15, -0.1) is 0 Å². The number of fused-ring (bicyclic) bond motifs is 1. The molecule has 0 atom stereocenters. The van der Waals surface area contributed by atoms with Gasteiger partial charge in [-0.1, -0.05) is 6.07 Å². The van der Waals surface area contributed by atoms with Crippen molar-refractivity contribution in [2.45, 2.75) is 44.6 Å². The first-order valence-corrected chi connectivity index (χ1v) is 10.8. The number of aryl methyl sites for hydroxylation is 1. The Kier molecular flexibility index (Phi) is 6.78. The minimum absolute atomic E-state index is 0.106. The fraction of sp³-hybridized carbons (Fsp3) is 0.524. The van der Waals surface area contributed by atoms with Gasteiger partial charge in [0, 0.05) is 37.8 Å². The normalized spacial score (nSPS) is 16.4. The van der Waals surface area contributed by atoms with Crippen molar-refractivity contribution in [1.82, 2.24) is 15.0 Å². The van der Waals surface area contributed by atoms with Gasteiger partial charge in [0.25, 0.3) is 0 Å². The average Bonchev–Trinajstić information content (AvgIpc) is 2.83. The summed E-state index contributed by atoms with van der Waals surface area (Å²) < 4.78 is 0. The maximum absolute atomic E-state index is 11.2. The quantitative estimate of drug-likeness (QED) is 0.479. The number of aliphatic hydroxyl groups excluding tert-OH is 1. The van der Waals surface area contributed by atoms with Crippen LogP contribution >= 0.6 is 0 Å². The number of rotatable bonds is 7. The zero-order valence-electron chi connectivity index (χ0n) is 17.5. The Balaban J connectivity index is 1.41. The smallest absolute Gasteiger partial charge is 0.326 e. The number of aliphatic hydroxyl groups is 1. The van der Waals surface area contributed by atoms with Crippen LogP contribution in [0.3, 0.4) is 0 Å². The van der Waals surface area contributed by atoms with Crippen LogP contribution in [0.2, 0.25) is 0 Å². The first-order valence-electron chi connectivity index (χ1n) is 10.8. The van der Waals surface area contributed by atoms with Gasteiger partial charge in [-0.2, -0.15) is 5.90 Å². The van der Waals surface area contributed by atoms with E-state index in [4.69, 9.17) is 10.9 Å². The summed E-state index contributed by atoms with van der Waals surface area (Å²) >= 11 is 0. The lowest BCUT2D eigenvalue weighted by Gasteiger charge is -2.34. The summed E-state index contributed by atoms with van der Waals surface area (Å²) in [6.07, 6.45) is 5.76. The molecule has 10 nitrogen and oxygen atoms in total. The molecule has 0 bridgehead atoms. The van der Waals surface area contributed by atoms with Crippen molar-refractivity contribution >= 4 is 23.4 Å². The Morgan fingerprint density at radius 3 is 2.94 bits per heavy atom. The van der Waals surface area contributed by atoms with E-state index < -0.39 is 5.97 Å². The predicted octanol–water partition coefficient (Wildman–Crippen LogP) is 1.32. The second-order valence-corrected chi connectivity index (χ2v) is 7.88. The number of nitrogens with two attached hydrogens (primary N) is 1. The van der Waals surface area contributed by atoms with Crippen molar-refractivity contribution in [2.24, 2.45) is 5.90 Å². The summed E-state index contributed by atoms with van der Waals surface area (Å²) in [5.41, 5.74) is 3.07. The van der Waals surface area contributed by atoms with Crippen molar-refractivity contribution in [2.75, 3.05) is 41.7 Å². The summed E-state index contributed by atoms with van der Waals surface area (Å²) in [7, 11) is 0. The number of hydrogen-bond donors (Lipinski definition) is 4. The van der Waals surface area contributed by atoms with Gasteiger partial charge in [-0.25, -0.2) is 15.0 Å². The van der Waals surface area contributed by atoms with Crippen molar-refractivity contribution in [3.63, 3.8) is 0 Å². The Morgan fingerprint density at radius 1 is 1.32 bits per heavy atom. The molecular formula is C21H29N7O3. The van der Waals surface area contributed by atoms with Crippen LogP contribution in [0.25, 0.3) is 0 Å². The van der Waals surface area contributed by atoms with Gasteiger partial charge < -0.3 is 25.5 Å². The molecule has 2 aliphatic rings. The zero-order valence-corrected chi connectivity index (χ0v) is 17.5. The summed E-state index contributed by atoms with van der Waals surface area (Å²) in [4.78, 5) is 31.1. The van der Waals surface area contributed by atoms with Crippen LogP contribution < -0.4 is 21.4 Å². The van der Waals surface area contributed by atoms with Crippen LogP contribution in [-0.2, 0) is 22.7 Å². The molecule has 166 valence electrons. The summed E-state index contributed by atoms with van der Waals surface area (Å²) in [5, 5.41) is 16.4. The average molecular weight is 428 g/mol. The number of anilines is 3. The maximum atomic E-state index is 11.2. The molecule has 0 unspecified atom stereocenters. The molecule has 10 heteroatoms. The summed E-state index contributed by atoms with van der Waals surface area (Å²) in [6.45, 7) is 2.74. The monoisotopic (exact) mass is 427 g/mol. The third-order valence-corrected chi connectivity index (χ3v) is 5.96. The van der Waals surface area contributed by atoms with E-state index in [9.17, 15) is 9.90 Å².